The van der Waals surface area contributed by atoms with E-state index >= 15 is 0 Å². The van der Waals surface area contributed by atoms with E-state index in [1.807, 2.05) is 0 Å². The Morgan fingerprint density at radius 3 is 0.875 bits per heavy atom. The SMILES string of the molecule is [BaH2].[OH][Ti]([OH])([OH])[OH].[SrH2].[Ta]. The zero-order valence-corrected chi connectivity index (χ0v) is 7.51. The standard InChI is InChI=1S/Ba.4H2O.Sr.Ta.Ti.4H/h;4*1H2;;;;;;;/q;;;;;;;+4;;;;/p-4. The zero-order valence-electron chi connectivity index (χ0n) is 2.74. The summed E-state index contributed by atoms with van der Waals surface area (Å²) in [6.07, 6.45) is 0. The molecule has 0 saturated heterocycles. The first-order chi connectivity index (χ1) is 2.00. The molecule has 0 aliphatic rings. The van der Waals surface area contributed by atoms with Crippen molar-refractivity contribution in [2.75, 3.05) is 0 Å². The molecule has 0 aromatic heterocycles. The Labute approximate surface area is 145 Å². The predicted octanol–water partition coefficient (Wildman–Crippen LogP) is -4.07. The van der Waals surface area contributed by atoms with Gasteiger partial charge in [0.2, 0.25) is 0 Å². The van der Waals surface area contributed by atoms with Crippen molar-refractivity contribution >= 4 is 94.4 Å². The second-order valence-electron chi connectivity index (χ2n) is 0.600. The van der Waals surface area contributed by atoms with E-state index in [9.17, 15) is 0 Å². The molecule has 8 heavy (non-hydrogen) atoms. The molecule has 0 fully saturated rings. The summed E-state index contributed by atoms with van der Waals surface area (Å²) in [6.45, 7) is 0. The third kappa shape index (κ3) is 47.8. The second-order valence-corrected chi connectivity index (χ2v) is 2.47. The molecule has 0 amide bonds. The van der Waals surface area contributed by atoms with Crippen LogP contribution in [0.4, 0.5) is 0 Å². The molecule has 4 nitrogen and oxygen atoms in total. The summed E-state index contributed by atoms with van der Waals surface area (Å²) < 4.78 is 29.5. The molecule has 1 radical (unpaired) electrons. The molecule has 0 unspecified atom stereocenters. The van der Waals surface area contributed by atoms with Gasteiger partial charge >= 0.3 is 127 Å². The first-order valence-corrected chi connectivity index (χ1v) is 3.69. The van der Waals surface area contributed by atoms with E-state index in [0.29, 0.717) is 0 Å². The maximum absolute atomic E-state index is 7.38. The Balaban J connectivity index is -0.0000000267. The van der Waals surface area contributed by atoms with E-state index < -0.39 is 18.1 Å². The van der Waals surface area contributed by atoms with Gasteiger partial charge in [0.1, 0.15) is 0 Å². The van der Waals surface area contributed by atoms with Crippen LogP contribution >= 0.6 is 0 Å². The smallest absolute Gasteiger partial charge is 0 e. The van der Waals surface area contributed by atoms with Crippen molar-refractivity contribution in [1.82, 2.24) is 0 Å². The average Bonchev–Trinajstić information content (AvgIpc) is 0.722. The van der Waals surface area contributed by atoms with E-state index in [-0.39, 0.29) is 117 Å². The fourth-order valence-corrected chi connectivity index (χ4v) is 0. The molecule has 0 aliphatic carbocycles. The van der Waals surface area contributed by atoms with E-state index in [1.54, 1.807) is 0 Å². The van der Waals surface area contributed by atoms with Gasteiger partial charge in [-0.25, -0.2) is 0 Å². The summed E-state index contributed by atoms with van der Waals surface area (Å²) in [5.41, 5.74) is 0. The van der Waals surface area contributed by atoms with Crippen LogP contribution in [0.3, 0.4) is 0 Å². The molecule has 0 aromatic rings. The second kappa shape index (κ2) is 11.3. The van der Waals surface area contributed by atoms with Crippen molar-refractivity contribution in [2.45, 2.75) is 0 Å². The number of hydrogen-bond acceptors (Lipinski definition) is 4. The van der Waals surface area contributed by atoms with Crippen LogP contribution in [0.15, 0.2) is 0 Å². The fraction of sp³-hybridized carbons (Fsp3) is 0. The van der Waals surface area contributed by atoms with Crippen molar-refractivity contribution in [3.63, 3.8) is 0 Å². The summed E-state index contributed by atoms with van der Waals surface area (Å²) >= 11 is -5.00. The number of rotatable bonds is 0. The molecule has 0 aromatic carbocycles. The van der Waals surface area contributed by atoms with Crippen molar-refractivity contribution in [1.29, 1.82) is 0 Å². The molecule has 0 rings (SSSR count). The van der Waals surface area contributed by atoms with Gasteiger partial charge in [-0.1, -0.05) is 0 Å². The van der Waals surface area contributed by atoms with E-state index in [0.717, 1.165) is 0 Å². The van der Waals surface area contributed by atoms with E-state index in [2.05, 4.69) is 0 Å². The molecule has 0 atom stereocenters. The summed E-state index contributed by atoms with van der Waals surface area (Å²) in [7, 11) is 0. The summed E-state index contributed by atoms with van der Waals surface area (Å²) in [4.78, 5) is 0. The Morgan fingerprint density at radius 2 is 0.875 bits per heavy atom. The van der Waals surface area contributed by atoms with Crippen molar-refractivity contribution < 1.29 is 55.3 Å². The molecule has 0 spiro atoms. The molecule has 0 bridgehead atoms. The van der Waals surface area contributed by atoms with Crippen LogP contribution < -0.4 is 0 Å². The quantitative estimate of drug-likeness (QED) is 0.243. The van der Waals surface area contributed by atoms with Crippen molar-refractivity contribution in [3.05, 3.63) is 0 Å². The minimum Gasteiger partial charge on any atom is 0 e. The van der Waals surface area contributed by atoms with Gasteiger partial charge in [-0.05, 0) is 0 Å². The average molecular weight is 526 g/mol. The molecule has 4 N–H and O–H groups in total. The largest absolute Gasteiger partial charge is 0 e. The Hall–Kier alpha value is 4.35. The van der Waals surface area contributed by atoms with Gasteiger partial charge in [-0.2, -0.15) is 0 Å². The van der Waals surface area contributed by atoms with Crippen molar-refractivity contribution in [3.8, 4) is 0 Å². The third-order valence-electron chi connectivity index (χ3n) is 0. The van der Waals surface area contributed by atoms with Crippen LogP contribution in [0.2, 0.25) is 0 Å². The molecule has 45 valence electrons. The summed E-state index contributed by atoms with van der Waals surface area (Å²) in [6, 6.07) is 0. The van der Waals surface area contributed by atoms with Crippen LogP contribution in [-0.4, -0.2) is 109 Å². The van der Waals surface area contributed by atoms with E-state index in [1.165, 1.54) is 0 Å². The maximum atomic E-state index is 7.38. The molecule has 0 aliphatic heterocycles. The van der Waals surface area contributed by atoms with Gasteiger partial charge < -0.3 is 0 Å². The summed E-state index contributed by atoms with van der Waals surface area (Å²) in [5, 5.41) is 0. The van der Waals surface area contributed by atoms with E-state index in [4.69, 9.17) is 14.8 Å². The molecule has 8 heteroatoms. The Morgan fingerprint density at radius 1 is 0.875 bits per heavy atom. The van der Waals surface area contributed by atoms with Crippen LogP contribution in [-0.2, 0) is 40.5 Å². The van der Waals surface area contributed by atoms with Crippen LogP contribution in [0.1, 0.15) is 0 Å². The predicted molar refractivity (Wildman–Crippen MR) is 26.0 cm³/mol. The molecular weight excluding hydrogens is 518 g/mol. The Bertz CT molecular complexity index is 31.5. The van der Waals surface area contributed by atoms with Crippen molar-refractivity contribution in [2.24, 2.45) is 0 Å². The number of hydrogen-bond donors (Lipinski definition) is 4. The zero-order chi connectivity index (χ0) is 4.50. The van der Waals surface area contributed by atoms with Gasteiger partial charge in [-0.15, -0.1) is 0 Å². The monoisotopic (exact) mass is 527 g/mol. The Kier molecular flexibility index (Phi) is 32.4. The maximum Gasteiger partial charge on any atom is 0 e. The first-order valence-electron chi connectivity index (χ1n) is 0.894. The van der Waals surface area contributed by atoms with Gasteiger partial charge in [0.05, 0.1) is 0 Å². The van der Waals surface area contributed by atoms with Crippen LogP contribution in [0.5, 0.6) is 0 Å². The topological polar surface area (TPSA) is 80.9 Å². The van der Waals surface area contributed by atoms with Crippen LogP contribution in [0, 0.1) is 0 Å². The minimum atomic E-state index is -5.00. The molecule has 0 saturated carbocycles. The fourth-order valence-electron chi connectivity index (χ4n) is 0. The van der Waals surface area contributed by atoms with Gasteiger partial charge in [0.15, 0.2) is 0 Å². The van der Waals surface area contributed by atoms with Gasteiger partial charge in [0.25, 0.3) is 0 Å². The third-order valence-corrected chi connectivity index (χ3v) is 0. The summed E-state index contributed by atoms with van der Waals surface area (Å²) in [5.74, 6) is 0. The first kappa shape index (κ1) is 22.8. The van der Waals surface area contributed by atoms with Crippen LogP contribution in [0.25, 0.3) is 0 Å². The van der Waals surface area contributed by atoms with Gasteiger partial charge in [-0.3, -0.25) is 0 Å². The molecule has 0 heterocycles. The minimum absolute atomic E-state index is 0. The normalized spacial score (nSPS) is 7.50. The molecular formula is H8BaO4SrTaTi. The van der Waals surface area contributed by atoms with Gasteiger partial charge in [0, 0.05) is 22.4 Å².